The van der Waals surface area contributed by atoms with E-state index >= 15 is 0 Å². The van der Waals surface area contributed by atoms with Crippen LogP contribution in [0.25, 0.3) is 0 Å². The normalized spacial score (nSPS) is 19.6. The van der Waals surface area contributed by atoms with Gasteiger partial charge in [-0.3, -0.25) is 0 Å². The molecule has 2 N–H and O–H groups in total. The van der Waals surface area contributed by atoms with E-state index in [1.807, 2.05) is 24.3 Å². The van der Waals surface area contributed by atoms with Gasteiger partial charge in [0.15, 0.2) is 0 Å². The average molecular weight is 368 g/mol. The van der Waals surface area contributed by atoms with Crippen LogP contribution in [-0.2, 0) is 16.8 Å². The van der Waals surface area contributed by atoms with Crippen molar-refractivity contribution in [3.05, 3.63) is 65.5 Å². The number of ether oxygens (including phenoxy) is 2. The van der Waals surface area contributed by atoms with Crippen molar-refractivity contribution in [1.29, 1.82) is 0 Å². The first-order valence-corrected chi connectivity index (χ1v) is 8.06. The van der Waals surface area contributed by atoms with Crippen LogP contribution in [0, 0.1) is 5.82 Å². The molecule has 1 saturated heterocycles. The van der Waals surface area contributed by atoms with Gasteiger partial charge < -0.3 is 19.9 Å². The highest BCUT2D eigenvalue weighted by molar-refractivity contribution is 5.85. The second-order valence-electron chi connectivity index (χ2n) is 5.99. The SMILES string of the molecule is COc1ccccc1C[C@](O)(c1cccc(F)c1)[C@H]1CNCCO1.Cl. The monoisotopic (exact) mass is 367 g/mol. The minimum Gasteiger partial charge on any atom is -0.496 e. The summed E-state index contributed by atoms with van der Waals surface area (Å²) in [5, 5.41) is 14.7. The van der Waals surface area contributed by atoms with Gasteiger partial charge in [0, 0.05) is 19.5 Å². The Labute approximate surface area is 153 Å². The molecule has 2 aromatic rings. The summed E-state index contributed by atoms with van der Waals surface area (Å²) in [6.07, 6.45) is -0.203. The Hall–Kier alpha value is -1.66. The Morgan fingerprint density at radius 3 is 2.76 bits per heavy atom. The first-order chi connectivity index (χ1) is 11.6. The topological polar surface area (TPSA) is 50.7 Å². The molecule has 0 unspecified atom stereocenters. The van der Waals surface area contributed by atoms with Gasteiger partial charge in [-0.1, -0.05) is 30.3 Å². The smallest absolute Gasteiger partial charge is 0.123 e. The maximum absolute atomic E-state index is 13.8. The van der Waals surface area contributed by atoms with E-state index in [-0.39, 0.29) is 24.6 Å². The van der Waals surface area contributed by atoms with E-state index in [4.69, 9.17) is 9.47 Å². The molecule has 136 valence electrons. The van der Waals surface area contributed by atoms with Crippen LogP contribution in [-0.4, -0.2) is 38.0 Å². The van der Waals surface area contributed by atoms with Crippen LogP contribution >= 0.6 is 12.4 Å². The standard InChI is InChI=1S/C19H22FNO3.ClH/c1-23-17-8-3-2-5-14(17)12-19(22,18-13-21-9-10-24-18)15-6-4-7-16(20)11-15;/h2-8,11,18,21-22H,9-10,12-13H2,1H3;1H/t18-,19+;/m1./s1. The highest BCUT2D eigenvalue weighted by Gasteiger charge is 2.41. The van der Waals surface area contributed by atoms with Crippen LogP contribution < -0.4 is 10.1 Å². The molecule has 25 heavy (non-hydrogen) atoms. The molecule has 1 heterocycles. The number of morpholine rings is 1. The predicted molar refractivity (Wildman–Crippen MR) is 96.9 cm³/mol. The van der Waals surface area contributed by atoms with E-state index in [1.54, 1.807) is 19.2 Å². The number of aliphatic hydroxyl groups is 1. The van der Waals surface area contributed by atoms with Gasteiger partial charge in [-0.15, -0.1) is 12.4 Å². The van der Waals surface area contributed by atoms with Crippen LogP contribution in [0.4, 0.5) is 4.39 Å². The number of halogens is 2. The van der Waals surface area contributed by atoms with Crippen molar-refractivity contribution in [2.24, 2.45) is 0 Å². The molecule has 0 radical (unpaired) electrons. The third-order valence-corrected chi connectivity index (χ3v) is 4.44. The molecule has 2 atom stereocenters. The third kappa shape index (κ3) is 4.30. The molecule has 0 aliphatic carbocycles. The quantitative estimate of drug-likeness (QED) is 0.853. The maximum Gasteiger partial charge on any atom is 0.123 e. The molecule has 3 rings (SSSR count). The van der Waals surface area contributed by atoms with E-state index in [0.717, 1.165) is 12.1 Å². The first kappa shape index (κ1) is 19.7. The van der Waals surface area contributed by atoms with Crippen LogP contribution in [0.5, 0.6) is 5.75 Å². The van der Waals surface area contributed by atoms with Gasteiger partial charge in [-0.2, -0.15) is 0 Å². The highest BCUT2D eigenvalue weighted by atomic mass is 35.5. The van der Waals surface area contributed by atoms with E-state index in [2.05, 4.69) is 5.32 Å². The molecule has 1 aliphatic heterocycles. The number of para-hydroxylation sites is 1. The number of benzene rings is 2. The molecule has 1 aliphatic rings. The van der Waals surface area contributed by atoms with Gasteiger partial charge in [0.1, 0.15) is 23.3 Å². The van der Waals surface area contributed by atoms with Gasteiger partial charge in [0.2, 0.25) is 0 Å². The Bertz CT molecular complexity index is 694. The van der Waals surface area contributed by atoms with Crippen molar-refractivity contribution < 1.29 is 19.0 Å². The summed E-state index contributed by atoms with van der Waals surface area (Å²) in [6, 6.07) is 13.6. The second kappa shape index (κ2) is 8.63. The third-order valence-electron chi connectivity index (χ3n) is 4.44. The predicted octanol–water partition coefficient (Wildman–Crippen LogP) is 2.67. The Kier molecular flexibility index (Phi) is 6.79. The lowest BCUT2D eigenvalue weighted by Gasteiger charge is -2.39. The summed E-state index contributed by atoms with van der Waals surface area (Å²) in [7, 11) is 1.60. The summed E-state index contributed by atoms with van der Waals surface area (Å²) in [4.78, 5) is 0. The van der Waals surface area contributed by atoms with Gasteiger partial charge >= 0.3 is 0 Å². The van der Waals surface area contributed by atoms with Crippen molar-refractivity contribution in [2.45, 2.75) is 18.1 Å². The van der Waals surface area contributed by atoms with Crippen LogP contribution in [0.3, 0.4) is 0 Å². The van der Waals surface area contributed by atoms with E-state index in [0.29, 0.717) is 24.5 Å². The minimum atomic E-state index is -1.36. The average Bonchev–Trinajstić information content (AvgIpc) is 2.63. The van der Waals surface area contributed by atoms with Gasteiger partial charge in [-0.25, -0.2) is 4.39 Å². The number of rotatable bonds is 5. The zero-order valence-corrected chi connectivity index (χ0v) is 14.9. The van der Waals surface area contributed by atoms with Crippen molar-refractivity contribution in [1.82, 2.24) is 5.32 Å². The lowest BCUT2D eigenvalue weighted by molar-refractivity contribution is -0.124. The molecular weight excluding hydrogens is 345 g/mol. The van der Waals surface area contributed by atoms with Gasteiger partial charge in [0.05, 0.1) is 13.7 Å². The van der Waals surface area contributed by atoms with Crippen molar-refractivity contribution >= 4 is 12.4 Å². The molecular formula is C19H23ClFNO3. The molecule has 4 nitrogen and oxygen atoms in total. The summed E-state index contributed by atoms with van der Waals surface area (Å²) < 4.78 is 25.0. The fourth-order valence-electron chi connectivity index (χ4n) is 3.17. The molecule has 6 heteroatoms. The van der Waals surface area contributed by atoms with Crippen molar-refractivity contribution in [2.75, 3.05) is 26.8 Å². The van der Waals surface area contributed by atoms with Gasteiger partial charge in [-0.05, 0) is 29.3 Å². The maximum atomic E-state index is 13.8. The zero-order chi connectivity index (χ0) is 17.0. The minimum absolute atomic E-state index is 0. The molecule has 0 bridgehead atoms. The molecule has 0 aromatic heterocycles. The van der Waals surface area contributed by atoms with Crippen molar-refractivity contribution in [3.63, 3.8) is 0 Å². The number of nitrogens with one attached hydrogen (secondary N) is 1. The number of hydrogen-bond donors (Lipinski definition) is 2. The summed E-state index contributed by atoms with van der Waals surface area (Å²) in [6.45, 7) is 1.75. The summed E-state index contributed by atoms with van der Waals surface area (Å²) in [5.74, 6) is 0.311. The van der Waals surface area contributed by atoms with Crippen LogP contribution in [0.1, 0.15) is 11.1 Å². The van der Waals surface area contributed by atoms with Crippen molar-refractivity contribution in [3.8, 4) is 5.75 Å². The summed E-state index contributed by atoms with van der Waals surface area (Å²) >= 11 is 0. The fraction of sp³-hybridized carbons (Fsp3) is 0.368. The van der Waals surface area contributed by atoms with Crippen LogP contribution in [0.2, 0.25) is 0 Å². The fourth-order valence-corrected chi connectivity index (χ4v) is 3.17. The summed E-state index contributed by atoms with van der Waals surface area (Å²) in [5.41, 5.74) is -0.00695. The lowest BCUT2D eigenvalue weighted by Crippen LogP contribution is -2.52. The number of hydrogen-bond acceptors (Lipinski definition) is 4. The second-order valence-corrected chi connectivity index (χ2v) is 5.99. The Balaban J connectivity index is 0.00000225. The highest BCUT2D eigenvalue weighted by Crippen LogP contribution is 2.35. The first-order valence-electron chi connectivity index (χ1n) is 8.06. The zero-order valence-electron chi connectivity index (χ0n) is 14.1. The Morgan fingerprint density at radius 2 is 2.08 bits per heavy atom. The van der Waals surface area contributed by atoms with E-state index in [1.165, 1.54) is 12.1 Å². The van der Waals surface area contributed by atoms with Gasteiger partial charge in [0.25, 0.3) is 0 Å². The Morgan fingerprint density at radius 1 is 1.28 bits per heavy atom. The molecule has 0 saturated carbocycles. The lowest BCUT2D eigenvalue weighted by atomic mass is 9.81. The molecule has 0 amide bonds. The largest absolute Gasteiger partial charge is 0.496 e. The van der Waals surface area contributed by atoms with E-state index < -0.39 is 11.7 Å². The van der Waals surface area contributed by atoms with E-state index in [9.17, 15) is 9.50 Å². The molecule has 0 spiro atoms. The van der Waals surface area contributed by atoms with Crippen LogP contribution in [0.15, 0.2) is 48.5 Å². The molecule has 1 fully saturated rings. The molecule has 2 aromatic carbocycles. The number of methoxy groups -OCH3 is 1.